The molecule has 0 amide bonds. The van der Waals surface area contributed by atoms with E-state index in [0.29, 0.717) is 24.4 Å². The molecule has 0 saturated heterocycles. The molecule has 0 aliphatic heterocycles. The van der Waals surface area contributed by atoms with Crippen molar-refractivity contribution in [2.75, 3.05) is 7.11 Å². The van der Waals surface area contributed by atoms with Gasteiger partial charge in [0, 0.05) is 19.3 Å². The Morgan fingerprint density at radius 3 is 2.56 bits per heavy atom. The zero-order valence-electron chi connectivity index (χ0n) is 15.3. The minimum atomic E-state index is -0.121. The Hall–Kier alpha value is -2.28. The average molecular weight is 344 g/mol. The first kappa shape index (κ1) is 20.8. The van der Waals surface area contributed by atoms with Gasteiger partial charge in [-0.05, 0) is 43.0 Å². The van der Waals surface area contributed by atoms with Gasteiger partial charge in [-0.25, -0.2) is 0 Å². The summed E-state index contributed by atoms with van der Waals surface area (Å²) in [5.41, 5.74) is 0. The van der Waals surface area contributed by atoms with Gasteiger partial charge in [0.05, 0.1) is 7.11 Å². The largest absolute Gasteiger partial charge is 0.469 e. The van der Waals surface area contributed by atoms with Gasteiger partial charge in [0.1, 0.15) is 5.76 Å². The van der Waals surface area contributed by atoms with Crippen molar-refractivity contribution in [3.8, 4) is 11.8 Å². The van der Waals surface area contributed by atoms with E-state index in [1.54, 1.807) is 6.08 Å². The fourth-order valence-electron chi connectivity index (χ4n) is 2.24. The second-order valence-electron chi connectivity index (χ2n) is 5.85. The lowest BCUT2D eigenvalue weighted by Gasteiger charge is -2.00. The highest BCUT2D eigenvalue weighted by Gasteiger charge is 1.99. The number of allylic oxidation sites excluding steroid dienone is 1. The molecule has 1 rings (SSSR count). The van der Waals surface area contributed by atoms with E-state index in [1.165, 1.54) is 19.6 Å². The van der Waals surface area contributed by atoms with E-state index in [4.69, 9.17) is 4.42 Å². The third kappa shape index (κ3) is 10.2. The quantitative estimate of drug-likeness (QED) is 0.247. The molecule has 4 heteroatoms. The summed E-state index contributed by atoms with van der Waals surface area (Å²) in [6.45, 7) is 1.83. The lowest BCUT2D eigenvalue weighted by atomic mass is 10.1. The molecule has 1 heterocycles. The van der Waals surface area contributed by atoms with Crippen LogP contribution >= 0.6 is 0 Å². The molecule has 136 valence electrons. The highest BCUT2D eigenvalue weighted by atomic mass is 16.5. The Labute approximate surface area is 150 Å². The molecule has 0 saturated carbocycles. The molecular weight excluding hydrogens is 316 g/mol. The number of unbranched alkanes of at least 4 members (excludes halogenated alkanes) is 6. The minimum Gasteiger partial charge on any atom is -0.469 e. The molecule has 25 heavy (non-hydrogen) atoms. The smallest absolute Gasteiger partial charge is 0.305 e. The average Bonchev–Trinajstić information content (AvgIpc) is 3.08. The summed E-state index contributed by atoms with van der Waals surface area (Å²) in [5.74, 6) is 7.37. The van der Waals surface area contributed by atoms with Gasteiger partial charge in [0.25, 0.3) is 0 Å². The van der Waals surface area contributed by atoms with Gasteiger partial charge in [0.2, 0.25) is 0 Å². The van der Waals surface area contributed by atoms with Crippen LogP contribution in [0.15, 0.2) is 22.6 Å². The summed E-state index contributed by atoms with van der Waals surface area (Å²) < 4.78 is 10.1. The van der Waals surface area contributed by atoms with Crippen molar-refractivity contribution in [2.45, 2.75) is 64.7 Å². The number of ketones is 1. The number of carbonyl (C=O) groups is 2. The molecule has 0 unspecified atom stereocenters. The van der Waals surface area contributed by atoms with Crippen LogP contribution < -0.4 is 0 Å². The van der Waals surface area contributed by atoms with Crippen LogP contribution in [0, 0.1) is 11.8 Å². The highest BCUT2D eigenvalue weighted by Crippen LogP contribution is 2.10. The van der Waals surface area contributed by atoms with Gasteiger partial charge in [-0.15, -0.1) is 0 Å². The number of carbonyl (C=O) groups excluding carboxylic acids is 2. The topological polar surface area (TPSA) is 56.5 Å². The van der Waals surface area contributed by atoms with Crippen LogP contribution in [-0.4, -0.2) is 18.9 Å². The third-order valence-electron chi connectivity index (χ3n) is 3.78. The van der Waals surface area contributed by atoms with Crippen LogP contribution in [0.2, 0.25) is 0 Å². The third-order valence-corrected chi connectivity index (χ3v) is 3.78. The van der Waals surface area contributed by atoms with Crippen LogP contribution in [-0.2, 0) is 14.3 Å². The second kappa shape index (κ2) is 13.1. The van der Waals surface area contributed by atoms with E-state index in [1.807, 2.05) is 19.1 Å². The standard InChI is InChI=1S/C21H28O4/c1-3-18(22)14-15-20-17-16-19(25-20)12-10-8-6-4-5-7-9-11-13-21(23)24-2/h14-17H,3-9,11,13H2,1-2H3. The van der Waals surface area contributed by atoms with Gasteiger partial charge in [0.15, 0.2) is 11.5 Å². The number of hydrogen-bond donors (Lipinski definition) is 0. The van der Waals surface area contributed by atoms with E-state index in [0.717, 1.165) is 38.5 Å². The monoisotopic (exact) mass is 344 g/mol. The van der Waals surface area contributed by atoms with Crippen molar-refractivity contribution in [2.24, 2.45) is 0 Å². The summed E-state index contributed by atoms with van der Waals surface area (Å²) in [6, 6.07) is 3.64. The second-order valence-corrected chi connectivity index (χ2v) is 5.85. The summed E-state index contributed by atoms with van der Waals surface area (Å²) in [6.07, 6.45) is 11.6. The Morgan fingerprint density at radius 1 is 1.12 bits per heavy atom. The molecule has 0 fully saturated rings. The molecule has 0 radical (unpaired) electrons. The number of methoxy groups -OCH3 is 1. The van der Waals surface area contributed by atoms with Crippen LogP contribution in [0.1, 0.15) is 76.2 Å². The fourth-order valence-corrected chi connectivity index (χ4v) is 2.24. The lowest BCUT2D eigenvalue weighted by Crippen LogP contribution is -1.99. The Bertz CT molecular complexity index is 613. The van der Waals surface area contributed by atoms with Crippen molar-refractivity contribution in [1.82, 2.24) is 0 Å². The maximum Gasteiger partial charge on any atom is 0.305 e. The Balaban J connectivity index is 2.11. The predicted molar refractivity (Wildman–Crippen MR) is 98.9 cm³/mol. The van der Waals surface area contributed by atoms with E-state index in [2.05, 4.69) is 16.6 Å². The van der Waals surface area contributed by atoms with E-state index >= 15 is 0 Å². The molecule has 0 aromatic carbocycles. The molecule has 0 aliphatic rings. The summed E-state index contributed by atoms with van der Waals surface area (Å²) in [5, 5.41) is 0. The Kier molecular flexibility index (Phi) is 10.8. The zero-order chi connectivity index (χ0) is 18.3. The van der Waals surface area contributed by atoms with Crippen LogP contribution in [0.3, 0.4) is 0 Å². The van der Waals surface area contributed by atoms with E-state index in [9.17, 15) is 9.59 Å². The summed E-state index contributed by atoms with van der Waals surface area (Å²) >= 11 is 0. The van der Waals surface area contributed by atoms with Gasteiger partial charge >= 0.3 is 5.97 Å². The molecule has 0 spiro atoms. The minimum absolute atomic E-state index is 0.0781. The van der Waals surface area contributed by atoms with Gasteiger partial charge in [-0.3, -0.25) is 9.59 Å². The maximum atomic E-state index is 11.2. The van der Waals surface area contributed by atoms with Crippen LogP contribution in [0.5, 0.6) is 0 Å². The SMILES string of the molecule is CCC(=O)C=Cc1ccc(C#CCCCCCCCCC(=O)OC)o1. The van der Waals surface area contributed by atoms with Gasteiger partial charge < -0.3 is 9.15 Å². The summed E-state index contributed by atoms with van der Waals surface area (Å²) in [4.78, 5) is 22.2. The first-order valence-electron chi connectivity index (χ1n) is 9.02. The van der Waals surface area contributed by atoms with Crippen molar-refractivity contribution in [3.63, 3.8) is 0 Å². The Morgan fingerprint density at radius 2 is 1.84 bits per heavy atom. The van der Waals surface area contributed by atoms with Gasteiger partial charge in [-0.2, -0.15) is 0 Å². The summed E-state index contributed by atoms with van der Waals surface area (Å²) in [7, 11) is 1.43. The number of rotatable bonds is 11. The predicted octanol–water partition coefficient (Wildman–Crippen LogP) is 4.92. The number of hydrogen-bond acceptors (Lipinski definition) is 4. The van der Waals surface area contributed by atoms with Crippen molar-refractivity contribution >= 4 is 17.8 Å². The highest BCUT2D eigenvalue weighted by molar-refractivity contribution is 5.92. The molecule has 0 aliphatic carbocycles. The molecule has 1 aromatic rings. The maximum absolute atomic E-state index is 11.2. The van der Waals surface area contributed by atoms with Crippen molar-refractivity contribution in [3.05, 3.63) is 29.7 Å². The number of ether oxygens (including phenoxy) is 1. The van der Waals surface area contributed by atoms with Crippen molar-refractivity contribution < 1.29 is 18.7 Å². The number of esters is 1. The molecule has 0 bridgehead atoms. The number of furan rings is 1. The lowest BCUT2D eigenvalue weighted by molar-refractivity contribution is -0.140. The normalized spacial score (nSPS) is 10.5. The first-order valence-corrected chi connectivity index (χ1v) is 9.02. The molecule has 4 nitrogen and oxygen atoms in total. The van der Waals surface area contributed by atoms with E-state index in [-0.39, 0.29) is 11.8 Å². The molecule has 1 aromatic heterocycles. The van der Waals surface area contributed by atoms with Gasteiger partial charge in [-0.1, -0.05) is 38.5 Å². The van der Waals surface area contributed by atoms with Crippen LogP contribution in [0.25, 0.3) is 6.08 Å². The first-order chi connectivity index (χ1) is 12.2. The van der Waals surface area contributed by atoms with Crippen molar-refractivity contribution in [1.29, 1.82) is 0 Å². The van der Waals surface area contributed by atoms with Crippen LogP contribution in [0.4, 0.5) is 0 Å². The molecular formula is C21H28O4. The molecule has 0 atom stereocenters. The zero-order valence-corrected chi connectivity index (χ0v) is 15.3. The molecule has 0 N–H and O–H groups in total. The van der Waals surface area contributed by atoms with E-state index < -0.39 is 0 Å². The fraction of sp³-hybridized carbons (Fsp3) is 0.524.